The van der Waals surface area contributed by atoms with Gasteiger partial charge in [0.05, 0.1) is 5.69 Å². The maximum absolute atomic E-state index is 4.65. The first-order chi connectivity index (χ1) is 6.73. The first kappa shape index (κ1) is 12.4. The maximum atomic E-state index is 4.65. The van der Waals surface area contributed by atoms with E-state index in [1.54, 1.807) is 0 Å². The predicted molar refractivity (Wildman–Crippen MR) is 71.5 cm³/mol. The van der Waals surface area contributed by atoms with Crippen LogP contribution in [-0.2, 0) is 5.41 Å². The Hall–Kier alpha value is -0.630. The highest BCUT2D eigenvalue weighted by atomic mass is 32.1. The number of benzene rings is 1. The third-order valence-corrected chi connectivity index (χ3v) is 2.99. The van der Waals surface area contributed by atoms with Gasteiger partial charge in [-0.3, -0.25) is 0 Å². The molecule has 0 fully saturated rings. The van der Waals surface area contributed by atoms with Crippen LogP contribution >= 0.6 is 12.6 Å². The summed E-state index contributed by atoms with van der Waals surface area (Å²) in [5, 5.41) is 0. The van der Waals surface area contributed by atoms with E-state index in [9.17, 15) is 0 Å². The largest absolute Gasteiger partial charge is 0.377 e. The lowest BCUT2D eigenvalue weighted by Gasteiger charge is -2.26. The lowest BCUT2D eigenvalue weighted by Crippen LogP contribution is -2.16. The van der Waals surface area contributed by atoms with E-state index in [0.29, 0.717) is 0 Å². The van der Waals surface area contributed by atoms with Crippen LogP contribution in [0, 0.1) is 6.92 Å². The summed E-state index contributed by atoms with van der Waals surface area (Å²) in [6.07, 6.45) is 0. The number of thiol groups is 1. The molecule has 0 unspecified atom stereocenters. The lowest BCUT2D eigenvalue weighted by molar-refractivity contribution is 0.577. The molecule has 0 amide bonds. The number of nitrogens with zero attached hydrogens (tertiary/aromatic N) is 1. The smallest absolute Gasteiger partial charge is 0.0502 e. The molecule has 0 aliphatic carbocycles. The molecular formula is C13H21NS. The van der Waals surface area contributed by atoms with Crippen LogP contribution in [0.25, 0.3) is 0 Å². The molecule has 2 heteroatoms. The minimum absolute atomic E-state index is 0.147. The lowest BCUT2D eigenvalue weighted by atomic mass is 9.85. The van der Waals surface area contributed by atoms with Crippen LogP contribution in [0.15, 0.2) is 17.0 Å². The summed E-state index contributed by atoms with van der Waals surface area (Å²) in [5.74, 6) is 0. The van der Waals surface area contributed by atoms with E-state index in [1.165, 1.54) is 16.8 Å². The average molecular weight is 223 g/mol. The number of hydrogen-bond acceptors (Lipinski definition) is 2. The molecule has 0 spiro atoms. The monoisotopic (exact) mass is 223 g/mol. The SMILES string of the molecule is Cc1cc(N(C)C)c(S)c(C(C)(C)C)c1. The maximum Gasteiger partial charge on any atom is 0.0502 e. The van der Waals surface area contributed by atoms with Crippen molar-refractivity contribution < 1.29 is 0 Å². The van der Waals surface area contributed by atoms with E-state index in [-0.39, 0.29) is 5.41 Å². The molecule has 0 heterocycles. The molecule has 1 aromatic carbocycles. The van der Waals surface area contributed by atoms with E-state index < -0.39 is 0 Å². The number of anilines is 1. The third-order valence-electron chi connectivity index (χ3n) is 2.52. The fourth-order valence-electron chi connectivity index (χ4n) is 1.67. The number of aryl methyl sites for hydroxylation is 1. The van der Waals surface area contributed by atoms with Gasteiger partial charge in [-0.05, 0) is 29.5 Å². The van der Waals surface area contributed by atoms with E-state index >= 15 is 0 Å². The van der Waals surface area contributed by atoms with Gasteiger partial charge in [-0.2, -0.15) is 0 Å². The molecule has 1 aromatic rings. The highest BCUT2D eigenvalue weighted by Crippen LogP contribution is 2.35. The molecular weight excluding hydrogens is 202 g/mol. The highest BCUT2D eigenvalue weighted by Gasteiger charge is 2.19. The van der Waals surface area contributed by atoms with E-state index in [1.807, 2.05) is 0 Å². The first-order valence-corrected chi connectivity index (χ1v) is 5.69. The van der Waals surface area contributed by atoms with Crippen molar-refractivity contribution in [1.29, 1.82) is 0 Å². The predicted octanol–water partition coefficient (Wildman–Crippen LogP) is 3.65. The van der Waals surface area contributed by atoms with Gasteiger partial charge in [-0.25, -0.2) is 0 Å². The Kier molecular flexibility index (Phi) is 3.39. The van der Waals surface area contributed by atoms with Gasteiger partial charge in [0.1, 0.15) is 0 Å². The summed E-state index contributed by atoms with van der Waals surface area (Å²) < 4.78 is 0. The van der Waals surface area contributed by atoms with Gasteiger partial charge in [0.25, 0.3) is 0 Å². The van der Waals surface area contributed by atoms with E-state index in [0.717, 1.165) is 4.90 Å². The summed E-state index contributed by atoms with van der Waals surface area (Å²) in [4.78, 5) is 3.21. The van der Waals surface area contributed by atoms with Crippen molar-refractivity contribution in [3.8, 4) is 0 Å². The van der Waals surface area contributed by atoms with Gasteiger partial charge in [-0.15, -0.1) is 12.6 Å². The number of hydrogen-bond donors (Lipinski definition) is 1. The summed E-state index contributed by atoms with van der Waals surface area (Å²) in [5.41, 5.74) is 3.95. The Morgan fingerprint density at radius 3 is 2.07 bits per heavy atom. The minimum atomic E-state index is 0.147. The first-order valence-electron chi connectivity index (χ1n) is 5.25. The Bertz CT molecular complexity index is 362. The molecule has 1 nitrogen and oxygen atoms in total. The van der Waals surface area contributed by atoms with Crippen molar-refractivity contribution in [2.75, 3.05) is 19.0 Å². The van der Waals surface area contributed by atoms with Crippen LogP contribution in [0.3, 0.4) is 0 Å². The fourth-order valence-corrected chi connectivity index (χ4v) is 2.34. The zero-order chi connectivity index (χ0) is 11.8. The molecule has 0 bridgehead atoms. The molecule has 0 aliphatic heterocycles. The molecule has 84 valence electrons. The summed E-state index contributed by atoms with van der Waals surface area (Å²) in [6.45, 7) is 8.80. The normalized spacial score (nSPS) is 11.7. The molecule has 0 aromatic heterocycles. The Labute approximate surface area is 98.9 Å². The molecule has 0 saturated heterocycles. The minimum Gasteiger partial charge on any atom is -0.377 e. The molecule has 0 atom stereocenters. The van der Waals surface area contributed by atoms with Gasteiger partial charge in [-0.1, -0.05) is 26.8 Å². The Morgan fingerprint density at radius 1 is 1.13 bits per heavy atom. The zero-order valence-corrected chi connectivity index (χ0v) is 11.4. The van der Waals surface area contributed by atoms with Crippen molar-refractivity contribution in [2.24, 2.45) is 0 Å². The molecule has 0 aliphatic rings. The van der Waals surface area contributed by atoms with Crippen molar-refractivity contribution in [2.45, 2.75) is 38.0 Å². The highest BCUT2D eigenvalue weighted by molar-refractivity contribution is 7.80. The quantitative estimate of drug-likeness (QED) is 0.711. The van der Waals surface area contributed by atoms with Crippen LogP contribution in [-0.4, -0.2) is 14.1 Å². The van der Waals surface area contributed by atoms with Crippen LogP contribution < -0.4 is 4.90 Å². The third kappa shape index (κ3) is 2.69. The van der Waals surface area contributed by atoms with Crippen LogP contribution in [0.1, 0.15) is 31.9 Å². The van der Waals surface area contributed by atoms with Crippen molar-refractivity contribution in [3.05, 3.63) is 23.3 Å². The average Bonchev–Trinajstić information content (AvgIpc) is 2.06. The van der Waals surface area contributed by atoms with Crippen LogP contribution in [0.4, 0.5) is 5.69 Å². The van der Waals surface area contributed by atoms with E-state index in [2.05, 4.69) is 71.5 Å². The van der Waals surface area contributed by atoms with Crippen LogP contribution in [0.2, 0.25) is 0 Å². The van der Waals surface area contributed by atoms with Crippen LogP contribution in [0.5, 0.6) is 0 Å². The van der Waals surface area contributed by atoms with E-state index in [4.69, 9.17) is 0 Å². The summed E-state index contributed by atoms with van der Waals surface area (Å²) in [6, 6.07) is 4.41. The van der Waals surface area contributed by atoms with Gasteiger partial charge >= 0.3 is 0 Å². The second kappa shape index (κ2) is 4.09. The van der Waals surface area contributed by atoms with Gasteiger partial charge in [0, 0.05) is 19.0 Å². The molecule has 1 rings (SSSR count). The summed E-state index contributed by atoms with van der Waals surface area (Å²) in [7, 11) is 4.11. The van der Waals surface area contributed by atoms with Gasteiger partial charge in [0.2, 0.25) is 0 Å². The second-order valence-electron chi connectivity index (χ2n) is 5.32. The topological polar surface area (TPSA) is 3.24 Å². The van der Waals surface area contributed by atoms with Gasteiger partial charge in [0.15, 0.2) is 0 Å². The molecule has 0 saturated carbocycles. The van der Waals surface area contributed by atoms with Crippen molar-refractivity contribution >= 4 is 18.3 Å². The number of rotatable bonds is 1. The van der Waals surface area contributed by atoms with Crippen molar-refractivity contribution in [3.63, 3.8) is 0 Å². The second-order valence-corrected chi connectivity index (χ2v) is 5.77. The Morgan fingerprint density at radius 2 is 1.67 bits per heavy atom. The molecule has 0 radical (unpaired) electrons. The molecule has 0 N–H and O–H groups in total. The summed E-state index contributed by atoms with van der Waals surface area (Å²) >= 11 is 4.65. The Balaban J connectivity index is 3.42. The standard InChI is InChI=1S/C13H21NS/c1-9-7-10(13(2,3)4)12(15)11(8-9)14(5)6/h7-8,15H,1-6H3. The van der Waals surface area contributed by atoms with Crippen molar-refractivity contribution in [1.82, 2.24) is 0 Å². The van der Waals surface area contributed by atoms with Gasteiger partial charge < -0.3 is 4.90 Å². The molecule has 15 heavy (non-hydrogen) atoms. The zero-order valence-electron chi connectivity index (χ0n) is 10.5. The fraction of sp³-hybridized carbons (Fsp3) is 0.538.